The number of amides is 6. The summed E-state index contributed by atoms with van der Waals surface area (Å²) in [6, 6.07) is 9.20. The van der Waals surface area contributed by atoms with Crippen LogP contribution in [0.1, 0.15) is 54.9 Å². The number of halogens is 6. The van der Waals surface area contributed by atoms with Crippen LogP contribution in [0.2, 0.25) is 0 Å². The molecule has 6 amide bonds. The Bertz CT molecular complexity index is 1380. The predicted molar refractivity (Wildman–Crippen MR) is 162 cm³/mol. The Kier molecular flexibility index (Phi) is 12.1. The molecule has 0 aromatic heterocycles. The molecule has 0 spiro atoms. The fraction of sp³-hybridized carbons (Fsp3) is 0.448. The molecule has 2 fully saturated rings. The smallest absolute Gasteiger partial charge is 0.323 e. The summed E-state index contributed by atoms with van der Waals surface area (Å²) in [6.45, 7) is 12.8. The maximum atomic E-state index is 12.4. The van der Waals surface area contributed by atoms with Crippen LogP contribution in [0.15, 0.2) is 58.3 Å². The van der Waals surface area contributed by atoms with Gasteiger partial charge in [-0.3, -0.25) is 9.59 Å². The number of carbonyl (C=O) groups excluding carboxylic acids is 4. The van der Waals surface area contributed by atoms with E-state index in [0.717, 1.165) is 9.80 Å². The van der Waals surface area contributed by atoms with Crippen LogP contribution < -0.4 is 15.1 Å². The van der Waals surface area contributed by atoms with Crippen molar-refractivity contribution in [3.8, 4) is 0 Å². The highest BCUT2D eigenvalue weighted by Gasteiger charge is 2.51. The predicted octanol–water partition coefficient (Wildman–Crippen LogP) is 8.42. The summed E-state index contributed by atoms with van der Waals surface area (Å²) in [4.78, 5) is 51.8. The van der Waals surface area contributed by atoms with E-state index in [1.165, 1.54) is 59.9 Å². The van der Waals surface area contributed by atoms with Crippen LogP contribution in [0.3, 0.4) is 0 Å². The molecule has 248 valence electrons. The number of hydrogen-bond acceptors (Lipinski definition) is 6. The zero-order valence-electron chi connectivity index (χ0n) is 25.6. The second kappa shape index (κ2) is 14.4. The standard InChI is InChI=1S/C14H15F3N2O2S.C12H11F3N2O2S.C3H8/c1-4-18-12(21)19(11(20)13(18,2)3)9-5-7-10(8-6-9)22-14(15,16)17;1-11(2)9(18)17(10(19)16-11)7-3-5-8(6-4-7)20-12(13,14)15;1-3-2/h5-8H,4H2,1-3H3;3-6H,1-2H3,(H,16,19);3H2,1-2H3. The van der Waals surface area contributed by atoms with Gasteiger partial charge in [-0.05, 0) is 107 Å². The number of alkyl halides is 6. The lowest BCUT2D eigenvalue weighted by atomic mass is 10.0. The van der Waals surface area contributed by atoms with Gasteiger partial charge >= 0.3 is 23.1 Å². The molecule has 0 unspecified atom stereocenters. The maximum absolute atomic E-state index is 12.4. The molecular weight excluding hydrogens is 646 g/mol. The van der Waals surface area contributed by atoms with Gasteiger partial charge in [-0.15, -0.1) is 0 Å². The van der Waals surface area contributed by atoms with E-state index in [0.29, 0.717) is 6.54 Å². The van der Waals surface area contributed by atoms with Crippen LogP contribution in [0.4, 0.5) is 47.3 Å². The number of thioether (sulfide) groups is 2. The summed E-state index contributed by atoms with van der Waals surface area (Å²) in [7, 11) is 0. The number of urea groups is 2. The van der Waals surface area contributed by atoms with Crippen molar-refractivity contribution in [2.45, 2.75) is 86.8 Å². The molecule has 8 nitrogen and oxygen atoms in total. The van der Waals surface area contributed by atoms with E-state index >= 15 is 0 Å². The Labute approximate surface area is 265 Å². The first-order valence-corrected chi connectivity index (χ1v) is 15.3. The number of imide groups is 2. The summed E-state index contributed by atoms with van der Waals surface area (Å²) in [5, 5.41) is 2.50. The van der Waals surface area contributed by atoms with E-state index in [-0.39, 0.29) is 44.7 Å². The summed E-state index contributed by atoms with van der Waals surface area (Å²) in [6.07, 6.45) is 1.25. The quantitative estimate of drug-likeness (QED) is 0.194. The number of anilines is 2. The minimum Gasteiger partial charge on any atom is -0.323 e. The third-order valence-electron chi connectivity index (χ3n) is 6.16. The largest absolute Gasteiger partial charge is 0.446 e. The minimum atomic E-state index is -4.37. The van der Waals surface area contributed by atoms with Crippen molar-refractivity contribution in [1.29, 1.82) is 0 Å². The number of rotatable bonds is 5. The van der Waals surface area contributed by atoms with Crippen molar-refractivity contribution in [2.24, 2.45) is 0 Å². The normalized spacial score (nSPS) is 17.5. The number of benzene rings is 2. The van der Waals surface area contributed by atoms with Gasteiger partial charge in [0.2, 0.25) is 0 Å². The van der Waals surface area contributed by atoms with Gasteiger partial charge in [-0.2, -0.15) is 26.3 Å². The van der Waals surface area contributed by atoms with Gasteiger partial charge < -0.3 is 10.2 Å². The van der Waals surface area contributed by atoms with Crippen molar-refractivity contribution in [1.82, 2.24) is 10.2 Å². The van der Waals surface area contributed by atoms with Crippen molar-refractivity contribution in [3.63, 3.8) is 0 Å². The Morgan fingerprint density at radius 3 is 1.33 bits per heavy atom. The number of nitrogens with zero attached hydrogens (tertiary/aromatic N) is 3. The van der Waals surface area contributed by atoms with Gasteiger partial charge in [-0.25, -0.2) is 19.4 Å². The van der Waals surface area contributed by atoms with Gasteiger partial charge in [0.25, 0.3) is 11.8 Å². The highest BCUT2D eigenvalue weighted by atomic mass is 32.2. The zero-order valence-corrected chi connectivity index (χ0v) is 27.2. The Balaban J connectivity index is 0.000000289. The number of carbonyl (C=O) groups is 4. The third-order valence-corrected chi connectivity index (χ3v) is 7.64. The molecule has 2 heterocycles. The first-order valence-electron chi connectivity index (χ1n) is 13.6. The summed E-state index contributed by atoms with van der Waals surface area (Å²) in [5.74, 6) is -0.839. The second-order valence-electron chi connectivity index (χ2n) is 10.7. The van der Waals surface area contributed by atoms with Crippen LogP contribution in [0.5, 0.6) is 0 Å². The number of nitrogens with one attached hydrogen (secondary N) is 1. The SMILES string of the molecule is CC1(C)NC(=O)N(c2ccc(SC(F)(F)F)cc2)C1=O.CCC.CCN1C(=O)N(c2ccc(SC(F)(F)F)cc2)C(=O)C1(C)C. The fourth-order valence-electron chi connectivity index (χ4n) is 4.17. The molecule has 0 radical (unpaired) electrons. The summed E-state index contributed by atoms with van der Waals surface area (Å²) >= 11 is -0.491. The topological polar surface area (TPSA) is 90.0 Å². The minimum absolute atomic E-state index is 0.00181. The highest BCUT2D eigenvalue weighted by Crippen LogP contribution is 2.39. The van der Waals surface area contributed by atoms with E-state index in [1.54, 1.807) is 34.6 Å². The van der Waals surface area contributed by atoms with E-state index in [1.807, 2.05) is 0 Å². The molecule has 1 N–H and O–H groups in total. The molecule has 2 aromatic carbocycles. The third kappa shape index (κ3) is 9.55. The lowest BCUT2D eigenvalue weighted by Gasteiger charge is -2.25. The van der Waals surface area contributed by atoms with Crippen molar-refractivity contribution in [2.75, 3.05) is 16.3 Å². The molecule has 2 aliphatic rings. The lowest BCUT2D eigenvalue weighted by Crippen LogP contribution is -2.43. The van der Waals surface area contributed by atoms with E-state index in [9.17, 15) is 45.5 Å². The van der Waals surface area contributed by atoms with Gasteiger partial charge in [0.05, 0.1) is 11.4 Å². The van der Waals surface area contributed by atoms with Gasteiger partial charge in [0.15, 0.2) is 0 Å². The first-order chi connectivity index (χ1) is 20.6. The molecule has 16 heteroatoms. The van der Waals surface area contributed by atoms with Crippen LogP contribution in [0, 0.1) is 0 Å². The molecule has 2 aromatic rings. The number of hydrogen-bond donors (Lipinski definition) is 1. The van der Waals surface area contributed by atoms with Crippen molar-refractivity contribution >= 4 is 58.8 Å². The molecule has 0 bridgehead atoms. The second-order valence-corrected chi connectivity index (χ2v) is 13.0. The molecule has 2 aliphatic heterocycles. The molecular formula is C29H34F6N4O4S2. The molecule has 0 saturated carbocycles. The van der Waals surface area contributed by atoms with Crippen LogP contribution in [0.25, 0.3) is 0 Å². The van der Waals surface area contributed by atoms with E-state index < -0.39 is 46.0 Å². The molecule has 0 atom stereocenters. The van der Waals surface area contributed by atoms with Crippen molar-refractivity contribution in [3.05, 3.63) is 48.5 Å². The highest BCUT2D eigenvalue weighted by molar-refractivity contribution is 8.00. The lowest BCUT2D eigenvalue weighted by molar-refractivity contribution is -0.123. The summed E-state index contributed by atoms with van der Waals surface area (Å²) < 4.78 is 73.5. The average Bonchev–Trinajstić information content (AvgIpc) is 3.21. The number of likely N-dealkylation sites (N-methyl/N-ethyl adjacent to an activating group) is 1. The molecule has 2 saturated heterocycles. The first kappa shape index (κ1) is 37.8. The van der Waals surface area contributed by atoms with Crippen LogP contribution in [-0.2, 0) is 9.59 Å². The van der Waals surface area contributed by atoms with E-state index in [2.05, 4.69) is 19.2 Å². The Hall–Kier alpha value is -3.40. The van der Waals surface area contributed by atoms with E-state index in [4.69, 9.17) is 0 Å². The Morgan fingerprint density at radius 1 is 0.667 bits per heavy atom. The van der Waals surface area contributed by atoms with Crippen LogP contribution in [-0.4, -0.2) is 57.4 Å². The molecule has 0 aliphatic carbocycles. The molecule has 4 rings (SSSR count). The van der Waals surface area contributed by atoms with Gasteiger partial charge in [0.1, 0.15) is 11.1 Å². The summed E-state index contributed by atoms with van der Waals surface area (Å²) in [5.41, 5.74) is -10.2. The molecule has 45 heavy (non-hydrogen) atoms. The fourth-order valence-corrected chi connectivity index (χ4v) is 5.25. The van der Waals surface area contributed by atoms with Crippen LogP contribution >= 0.6 is 23.5 Å². The Morgan fingerprint density at radius 2 is 1.04 bits per heavy atom. The maximum Gasteiger partial charge on any atom is 0.446 e. The van der Waals surface area contributed by atoms with Gasteiger partial charge in [-0.1, -0.05) is 20.3 Å². The van der Waals surface area contributed by atoms with Crippen molar-refractivity contribution < 1.29 is 45.5 Å². The van der Waals surface area contributed by atoms with Gasteiger partial charge in [0, 0.05) is 16.3 Å². The average molecular weight is 681 g/mol. The zero-order chi connectivity index (χ0) is 34.5. The monoisotopic (exact) mass is 680 g/mol.